The van der Waals surface area contributed by atoms with Gasteiger partial charge in [-0.2, -0.15) is 0 Å². The fourth-order valence-corrected chi connectivity index (χ4v) is 3.07. The van der Waals surface area contributed by atoms with Crippen LogP contribution >= 0.6 is 15.9 Å². The molecular formula is C15H19BrN2O2. The predicted molar refractivity (Wildman–Crippen MR) is 80.4 cm³/mol. The van der Waals surface area contributed by atoms with Crippen molar-refractivity contribution in [1.29, 1.82) is 0 Å². The van der Waals surface area contributed by atoms with Gasteiger partial charge in [0.25, 0.3) is 5.56 Å². The first kappa shape index (κ1) is 13.9. The molecule has 1 aromatic rings. The lowest BCUT2D eigenvalue weighted by molar-refractivity contribution is -0.122. The molecule has 0 aliphatic heterocycles. The second kappa shape index (κ2) is 5.72. The third kappa shape index (κ3) is 3.51. The van der Waals surface area contributed by atoms with E-state index in [0.717, 1.165) is 4.47 Å². The number of nitrogens with one attached hydrogen (secondary N) is 1. The lowest BCUT2D eigenvalue weighted by Crippen LogP contribution is -2.38. The summed E-state index contributed by atoms with van der Waals surface area (Å²) in [7, 11) is 0. The number of hydrogen-bond acceptors (Lipinski definition) is 2. The number of carbonyl (C=O) groups is 1. The minimum absolute atomic E-state index is 0.0677. The molecule has 3 rings (SSSR count). The first-order valence-electron chi connectivity index (χ1n) is 7.29. The largest absolute Gasteiger partial charge is 0.353 e. The van der Waals surface area contributed by atoms with Crippen LogP contribution in [0.15, 0.2) is 27.6 Å². The number of amides is 1. The van der Waals surface area contributed by atoms with Crippen molar-refractivity contribution < 1.29 is 4.79 Å². The van der Waals surface area contributed by atoms with Gasteiger partial charge < -0.3 is 9.88 Å². The molecule has 1 heterocycles. The fourth-order valence-electron chi connectivity index (χ4n) is 2.69. The molecule has 0 atom stereocenters. The van der Waals surface area contributed by atoms with E-state index < -0.39 is 0 Å². The minimum Gasteiger partial charge on any atom is -0.353 e. The average molecular weight is 339 g/mol. The van der Waals surface area contributed by atoms with Gasteiger partial charge in [-0.1, -0.05) is 0 Å². The van der Waals surface area contributed by atoms with Crippen LogP contribution in [0.1, 0.15) is 32.1 Å². The molecule has 2 aliphatic rings. The Bertz CT molecular complexity index is 549. The quantitative estimate of drug-likeness (QED) is 0.865. The van der Waals surface area contributed by atoms with Crippen molar-refractivity contribution in [1.82, 2.24) is 9.88 Å². The Balaban J connectivity index is 1.53. The average Bonchev–Trinajstić information content (AvgIpc) is 3.28. The van der Waals surface area contributed by atoms with Crippen LogP contribution < -0.4 is 10.9 Å². The molecule has 4 nitrogen and oxygen atoms in total. The first-order chi connectivity index (χ1) is 9.63. The number of pyridine rings is 1. The zero-order valence-corrected chi connectivity index (χ0v) is 12.9. The fraction of sp³-hybridized carbons (Fsp3) is 0.600. The van der Waals surface area contributed by atoms with E-state index in [2.05, 4.69) is 21.2 Å². The summed E-state index contributed by atoms with van der Waals surface area (Å²) in [5.41, 5.74) is -0.0677. The van der Waals surface area contributed by atoms with E-state index in [0.29, 0.717) is 30.8 Å². The van der Waals surface area contributed by atoms with E-state index >= 15 is 0 Å². The van der Waals surface area contributed by atoms with Gasteiger partial charge in [-0.05, 0) is 59.5 Å². The maximum absolute atomic E-state index is 12.0. The summed E-state index contributed by atoms with van der Waals surface area (Å²) in [6.45, 7) is 0.437. The Morgan fingerprint density at radius 1 is 1.30 bits per heavy atom. The molecule has 0 unspecified atom stereocenters. The smallest absolute Gasteiger partial charge is 0.250 e. The topological polar surface area (TPSA) is 51.1 Å². The van der Waals surface area contributed by atoms with Crippen molar-refractivity contribution in [3.63, 3.8) is 0 Å². The molecule has 0 bridgehead atoms. The number of aryl methyl sites for hydroxylation is 1. The normalized spacial score (nSPS) is 18.3. The van der Waals surface area contributed by atoms with Crippen LogP contribution in [0, 0.1) is 11.8 Å². The van der Waals surface area contributed by atoms with Gasteiger partial charge in [0.2, 0.25) is 5.91 Å². The number of carbonyl (C=O) groups excluding carboxylic acids is 1. The van der Waals surface area contributed by atoms with Crippen LogP contribution in [0.3, 0.4) is 0 Å². The third-order valence-electron chi connectivity index (χ3n) is 4.11. The Morgan fingerprint density at radius 3 is 2.55 bits per heavy atom. The zero-order valence-electron chi connectivity index (χ0n) is 11.3. The monoisotopic (exact) mass is 338 g/mol. The Labute approximate surface area is 126 Å². The molecule has 20 heavy (non-hydrogen) atoms. The van der Waals surface area contributed by atoms with Gasteiger partial charge in [0, 0.05) is 35.7 Å². The van der Waals surface area contributed by atoms with E-state index in [9.17, 15) is 9.59 Å². The molecule has 0 aromatic carbocycles. The molecule has 5 heteroatoms. The van der Waals surface area contributed by atoms with E-state index in [1.165, 1.54) is 31.7 Å². The Kier molecular flexibility index (Phi) is 3.96. The van der Waals surface area contributed by atoms with Crippen molar-refractivity contribution in [2.75, 3.05) is 0 Å². The van der Waals surface area contributed by atoms with Gasteiger partial charge in [-0.25, -0.2) is 0 Å². The number of nitrogens with zero attached hydrogens (tertiary/aromatic N) is 1. The Morgan fingerprint density at radius 2 is 1.95 bits per heavy atom. The second-order valence-corrected chi connectivity index (χ2v) is 6.81. The highest BCUT2D eigenvalue weighted by Gasteiger charge is 2.42. The molecule has 0 spiro atoms. The molecule has 2 aliphatic carbocycles. The highest BCUT2D eigenvalue weighted by Crippen LogP contribution is 2.44. The lowest BCUT2D eigenvalue weighted by atomic mass is 10.1. The lowest BCUT2D eigenvalue weighted by Gasteiger charge is -2.17. The summed E-state index contributed by atoms with van der Waals surface area (Å²) in [6, 6.07) is 3.62. The zero-order chi connectivity index (χ0) is 14.1. The molecular weight excluding hydrogens is 320 g/mol. The van der Waals surface area contributed by atoms with Crippen molar-refractivity contribution in [3.8, 4) is 0 Å². The number of hydrogen-bond donors (Lipinski definition) is 1. The van der Waals surface area contributed by atoms with Gasteiger partial charge in [0.1, 0.15) is 0 Å². The van der Waals surface area contributed by atoms with Gasteiger partial charge in [0.15, 0.2) is 0 Å². The summed E-state index contributed by atoms with van der Waals surface area (Å²) in [6.07, 6.45) is 7.12. The summed E-state index contributed by atoms with van der Waals surface area (Å²) in [5, 5.41) is 3.18. The summed E-state index contributed by atoms with van der Waals surface area (Å²) < 4.78 is 2.43. The molecule has 1 N–H and O–H groups in total. The maximum atomic E-state index is 12.0. The second-order valence-electron chi connectivity index (χ2n) is 5.90. The third-order valence-corrected chi connectivity index (χ3v) is 4.58. The summed E-state index contributed by atoms with van der Waals surface area (Å²) in [5.74, 6) is 1.49. The van der Waals surface area contributed by atoms with Crippen molar-refractivity contribution in [3.05, 3.63) is 33.2 Å². The molecule has 2 fully saturated rings. The van der Waals surface area contributed by atoms with E-state index in [4.69, 9.17) is 0 Å². The number of rotatable bonds is 6. The van der Waals surface area contributed by atoms with Crippen LogP contribution in [0.5, 0.6) is 0 Å². The van der Waals surface area contributed by atoms with Gasteiger partial charge in [-0.15, -0.1) is 0 Å². The first-order valence-corrected chi connectivity index (χ1v) is 8.08. The predicted octanol–water partition coefficient (Wildman–Crippen LogP) is 2.31. The maximum Gasteiger partial charge on any atom is 0.250 e. The van der Waals surface area contributed by atoms with Gasteiger partial charge in [-0.3, -0.25) is 9.59 Å². The van der Waals surface area contributed by atoms with Crippen LogP contribution in [0.4, 0.5) is 0 Å². The molecule has 1 amide bonds. The van der Waals surface area contributed by atoms with Crippen molar-refractivity contribution in [2.45, 2.75) is 44.7 Å². The van der Waals surface area contributed by atoms with E-state index in [-0.39, 0.29) is 11.5 Å². The number of aromatic nitrogens is 1. The molecule has 1 aromatic heterocycles. The van der Waals surface area contributed by atoms with Gasteiger partial charge in [0.05, 0.1) is 0 Å². The van der Waals surface area contributed by atoms with Crippen LogP contribution in [0.25, 0.3) is 0 Å². The van der Waals surface area contributed by atoms with E-state index in [1.807, 2.05) is 0 Å². The Hall–Kier alpha value is -1.10. The summed E-state index contributed by atoms with van der Waals surface area (Å²) >= 11 is 3.34. The van der Waals surface area contributed by atoms with Crippen LogP contribution in [-0.4, -0.2) is 16.5 Å². The highest BCUT2D eigenvalue weighted by molar-refractivity contribution is 9.10. The number of halogens is 1. The molecule has 0 radical (unpaired) electrons. The SMILES string of the molecule is O=C(CCn1cc(Br)ccc1=O)NC(C1CC1)C1CC1. The molecule has 2 saturated carbocycles. The van der Waals surface area contributed by atoms with Crippen molar-refractivity contribution >= 4 is 21.8 Å². The van der Waals surface area contributed by atoms with Crippen molar-refractivity contribution in [2.24, 2.45) is 11.8 Å². The molecule has 108 valence electrons. The highest BCUT2D eigenvalue weighted by atomic mass is 79.9. The van der Waals surface area contributed by atoms with Gasteiger partial charge >= 0.3 is 0 Å². The van der Waals surface area contributed by atoms with Crippen LogP contribution in [0.2, 0.25) is 0 Å². The van der Waals surface area contributed by atoms with Crippen LogP contribution in [-0.2, 0) is 11.3 Å². The molecule has 0 saturated heterocycles. The van der Waals surface area contributed by atoms with E-state index in [1.54, 1.807) is 16.8 Å². The minimum atomic E-state index is -0.0677. The standard InChI is InChI=1S/C15H19BrN2O2/c16-12-5-6-14(20)18(9-12)8-7-13(19)17-15(10-1-2-10)11-3-4-11/h5-6,9-11,15H,1-4,7-8H2,(H,17,19). The summed E-state index contributed by atoms with van der Waals surface area (Å²) in [4.78, 5) is 23.7.